The number of hydrogen-bond donors (Lipinski definition) is 10. The topological polar surface area (TPSA) is 264 Å². The average molecular weight is 776 g/mol. The molecule has 4 aliphatic carbocycles. The summed E-state index contributed by atoms with van der Waals surface area (Å²) < 4.78 is 0. The Labute approximate surface area is 332 Å². The van der Waals surface area contributed by atoms with Gasteiger partial charge >= 0.3 is 0 Å². The summed E-state index contributed by atoms with van der Waals surface area (Å²) >= 11 is 0. The molecular weight excluding hydrogens is 695 g/mol. The second-order valence-corrected chi connectivity index (χ2v) is 18.7. The number of rotatable bonds is 22. The summed E-state index contributed by atoms with van der Waals surface area (Å²) in [4.78, 5) is 41.1. The van der Waals surface area contributed by atoms with Crippen LogP contribution in [0.2, 0.25) is 0 Å². The molecule has 0 heterocycles. The van der Waals surface area contributed by atoms with Crippen molar-refractivity contribution in [3.8, 4) is 0 Å². The molecule has 4 rings (SSSR count). The minimum absolute atomic E-state index is 0.0108. The Bertz CT molecular complexity index is 1230. The van der Waals surface area contributed by atoms with Gasteiger partial charge in [-0.2, -0.15) is 0 Å². The van der Waals surface area contributed by atoms with E-state index in [2.05, 4.69) is 36.7 Å². The summed E-state index contributed by atoms with van der Waals surface area (Å²) in [6.45, 7) is 9.07. The fourth-order valence-electron chi connectivity index (χ4n) is 12.1. The second-order valence-electron chi connectivity index (χ2n) is 18.7. The number of nitrogens with two attached hydrogens (primary N) is 6. The first kappa shape index (κ1) is 45.8. The number of amides is 3. The van der Waals surface area contributed by atoms with Gasteiger partial charge in [-0.25, -0.2) is 0 Å². The molecule has 3 amide bonds. The van der Waals surface area contributed by atoms with Gasteiger partial charge in [0, 0.05) is 24.7 Å². The third-order valence-corrected chi connectivity index (χ3v) is 15.4. The molecule has 4 aliphatic rings. The normalized spacial score (nSPS) is 35.0. The Morgan fingerprint density at radius 3 is 1.76 bits per heavy atom. The number of carbonyl (C=O) groups excluding carboxylic acids is 3. The maximum atomic E-state index is 13.9. The molecule has 0 bridgehead atoms. The molecular formula is C42H81N9O4. The molecule has 14 atom stereocenters. The van der Waals surface area contributed by atoms with Crippen LogP contribution in [0.5, 0.6) is 0 Å². The number of aliphatic hydroxyl groups excluding tert-OH is 1. The molecule has 4 unspecified atom stereocenters. The lowest BCUT2D eigenvalue weighted by Gasteiger charge is -2.65. The minimum atomic E-state index is -0.602. The number of aliphatic hydroxyl groups is 1. The van der Waals surface area contributed by atoms with Gasteiger partial charge in [0.15, 0.2) is 0 Å². The predicted octanol–water partition coefficient (Wildman–Crippen LogP) is 2.10. The van der Waals surface area contributed by atoms with Crippen LogP contribution in [0, 0.1) is 46.3 Å². The van der Waals surface area contributed by atoms with Crippen molar-refractivity contribution >= 4 is 17.7 Å². The summed E-state index contributed by atoms with van der Waals surface area (Å²) in [6.07, 6.45) is 14.8. The first-order valence-corrected chi connectivity index (χ1v) is 22.2. The Hall–Kier alpha value is -1.87. The number of carbonyl (C=O) groups is 3. The van der Waals surface area contributed by atoms with E-state index in [1.807, 2.05) is 0 Å². The van der Waals surface area contributed by atoms with Gasteiger partial charge in [0.1, 0.15) is 0 Å². The van der Waals surface area contributed by atoms with E-state index >= 15 is 0 Å². The van der Waals surface area contributed by atoms with Gasteiger partial charge in [-0.3, -0.25) is 14.4 Å². The van der Waals surface area contributed by atoms with Gasteiger partial charge in [0.25, 0.3) is 0 Å². The van der Waals surface area contributed by atoms with Gasteiger partial charge in [0.05, 0.1) is 18.1 Å². The lowest BCUT2D eigenvalue weighted by atomic mass is 9.42. The van der Waals surface area contributed by atoms with Crippen LogP contribution in [0.25, 0.3) is 0 Å². The van der Waals surface area contributed by atoms with Crippen molar-refractivity contribution in [3.63, 3.8) is 0 Å². The van der Waals surface area contributed by atoms with Crippen molar-refractivity contribution in [1.29, 1.82) is 0 Å². The van der Waals surface area contributed by atoms with Gasteiger partial charge in [-0.1, -0.05) is 40.0 Å². The molecule has 0 aromatic rings. The highest BCUT2D eigenvalue weighted by Crippen LogP contribution is 2.68. The van der Waals surface area contributed by atoms with E-state index in [-0.39, 0.29) is 77.0 Å². The highest BCUT2D eigenvalue weighted by atomic mass is 16.3. The van der Waals surface area contributed by atoms with Crippen LogP contribution in [0.1, 0.15) is 136 Å². The van der Waals surface area contributed by atoms with Crippen LogP contribution < -0.4 is 50.4 Å². The number of nitrogens with one attached hydrogen (secondary N) is 3. The largest absolute Gasteiger partial charge is 0.396 e. The molecule has 4 saturated carbocycles. The van der Waals surface area contributed by atoms with Crippen LogP contribution in [-0.2, 0) is 14.4 Å². The third-order valence-electron chi connectivity index (χ3n) is 15.4. The highest BCUT2D eigenvalue weighted by Gasteiger charge is 2.66. The fourth-order valence-corrected chi connectivity index (χ4v) is 12.1. The monoisotopic (exact) mass is 776 g/mol. The molecule has 318 valence electrons. The van der Waals surface area contributed by atoms with Gasteiger partial charge in [0.2, 0.25) is 17.7 Å². The molecule has 13 heteroatoms. The van der Waals surface area contributed by atoms with Crippen LogP contribution in [0.4, 0.5) is 0 Å². The van der Waals surface area contributed by atoms with E-state index < -0.39 is 18.1 Å². The zero-order valence-corrected chi connectivity index (χ0v) is 34.6. The van der Waals surface area contributed by atoms with E-state index in [1.54, 1.807) is 0 Å². The Kier molecular flexibility index (Phi) is 17.7. The van der Waals surface area contributed by atoms with Gasteiger partial charge in [-0.05, 0) is 162 Å². The van der Waals surface area contributed by atoms with Crippen molar-refractivity contribution in [2.75, 3.05) is 26.2 Å². The molecule has 0 saturated heterocycles. The van der Waals surface area contributed by atoms with Crippen LogP contribution in [-0.4, -0.2) is 85.3 Å². The summed E-state index contributed by atoms with van der Waals surface area (Å²) in [6, 6.07) is -1.89. The maximum absolute atomic E-state index is 13.9. The number of hydrogen-bond acceptors (Lipinski definition) is 10. The number of unbranched alkanes of at least 4 members (excludes halogenated alkanes) is 3. The smallest absolute Gasteiger partial charge is 0.237 e. The van der Waals surface area contributed by atoms with E-state index in [0.29, 0.717) is 50.7 Å². The van der Waals surface area contributed by atoms with Crippen molar-refractivity contribution in [2.45, 2.75) is 173 Å². The first-order valence-electron chi connectivity index (χ1n) is 22.2. The Balaban J connectivity index is 1.68. The van der Waals surface area contributed by atoms with Gasteiger partial charge in [-0.15, -0.1) is 0 Å². The second kappa shape index (κ2) is 21.2. The summed E-state index contributed by atoms with van der Waals surface area (Å²) in [5.74, 6) is 1.41. The van der Waals surface area contributed by atoms with Crippen molar-refractivity contribution in [3.05, 3.63) is 0 Å². The zero-order valence-electron chi connectivity index (χ0n) is 34.6. The van der Waals surface area contributed by atoms with Gasteiger partial charge < -0.3 is 55.5 Å². The molecule has 0 radical (unpaired) electrons. The standard InChI is InChI=1S/C42H81N9O4/c1-26(11-10-22-52)29-15-16-30-37-31(25-36(42(29,30)3)51-40(55)34(48)14-6-9-21-45)41(2)18-17-28(49-38(53)32(46)12-4-7-19-43)23-27(41)24-35(37)50-39(54)33(47)13-5-8-20-44/h26-37,52H,4-25,43-48H2,1-3H3,(H,49,53)(H,50,54)(H,51,55)/t26-,27?,28-,29-,30+,31+,32+,33+,34+,35?,36?,37?,41+,42-/m1/s1. The number of fused-ring (bicyclic) bond motifs is 5. The molecule has 0 spiro atoms. The average Bonchev–Trinajstić information content (AvgIpc) is 3.52. The first-order chi connectivity index (χ1) is 26.3. The lowest BCUT2D eigenvalue weighted by Crippen LogP contribution is -2.68. The molecule has 0 aliphatic heterocycles. The Morgan fingerprint density at radius 1 is 0.673 bits per heavy atom. The highest BCUT2D eigenvalue weighted by molar-refractivity contribution is 5.82. The van der Waals surface area contributed by atoms with E-state index in [4.69, 9.17) is 34.4 Å². The lowest BCUT2D eigenvalue weighted by molar-refractivity contribution is -0.154. The van der Waals surface area contributed by atoms with Crippen molar-refractivity contribution in [2.24, 2.45) is 80.7 Å². The van der Waals surface area contributed by atoms with Crippen LogP contribution in [0.15, 0.2) is 0 Å². The van der Waals surface area contributed by atoms with E-state index in [0.717, 1.165) is 96.3 Å². The SMILES string of the molecule is C[C@H](CCCO)[C@H]1CC[C@H]2C3C(NC(=O)[C@@H](N)CCCCN)CC4C[C@H](NC(=O)[C@@H](N)CCCCN)CC[C@]4(C)[C@H]3CC(NC(=O)[C@@H](N)CCCCN)[C@]12C. The molecule has 4 fully saturated rings. The zero-order chi connectivity index (χ0) is 40.3. The molecule has 55 heavy (non-hydrogen) atoms. The molecule has 16 N–H and O–H groups in total. The maximum Gasteiger partial charge on any atom is 0.237 e. The molecule has 0 aromatic heterocycles. The summed E-state index contributed by atoms with van der Waals surface area (Å²) in [7, 11) is 0. The Morgan fingerprint density at radius 2 is 1.22 bits per heavy atom. The summed E-state index contributed by atoms with van der Waals surface area (Å²) in [5, 5.41) is 20.2. The molecule has 13 nitrogen and oxygen atoms in total. The quantitative estimate of drug-likeness (QED) is 0.0716. The van der Waals surface area contributed by atoms with Crippen molar-refractivity contribution in [1.82, 2.24) is 16.0 Å². The van der Waals surface area contributed by atoms with Crippen LogP contribution >= 0.6 is 0 Å². The minimum Gasteiger partial charge on any atom is -0.396 e. The third kappa shape index (κ3) is 10.8. The predicted molar refractivity (Wildman–Crippen MR) is 220 cm³/mol. The van der Waals surface area contributed by atoms with Crippen LogP contribution in [0.3, 0.4) is 0 Å². The van der Waals surface area contributed by atoms with E-state index in [9.17, 15) is 19.5 Å². The molecule has 0 aromatic carbocycles. The van der Waals surface area contributed by atoms with E-state index in [1.165, 1.54) is 0 Å². The fraction of sp³-hybridized carbons (Fsp3) is 0.929. The summed E-state index contributed by atoms with van der Waals surface area (Å²) in [5.41, 5.74) is 36.3. The van der Waals surface area contributed by atoms with Crippen molar-refractivity contribution < 1.29 is 19.5 Å².